The molecule has 0 aliphatic heterocycles. The molecule has 1 heterocycles. The van der Waals surface area contributed by atoms with Crippen LogP contribution >= 0.6 is 11.6 Å². The number of para-hydroxylation sites is 1. The third-order valence-corrected chi connectivity index (χ3v) is 3.16. The van der Waals surface area contributed by atoms with E-state index >= 15 is 0 Å². The number of rotatable bonds is 4. The number of carbonyl (C=O) groups excluding carboxylic acids is 1. The Morgan fingerprint density at radius 2 is 2.14 bits per heavy atom. The fourth-order valence-electron chi connectivity index (χ4n) is 1.84. The molecule has 0 unspecified atom stereocenters. The summed E-state index contributed by atoms with van der Waals surface area (Å²) in [7, 11) is 0. The van der Waals surface area contributed by atoms with E-state index in [0.29, 0.717) is 16.7 Å². The summed E-state index contributed by atoms with van der Waals surface area (Å²) in [6.07, 6.45) is 0. The summed E-state index contributed by atoms with van der Waals surface area (Å²) in [4.78, 5) is 18.3. The Labute approximate surface area is 129 Å². The second-order valence-electron chi connectivity index (χ2n) is 4.40. The number of carbonyl (C=O) groups is 1. The van der Waals surface area contributed by atoms with Crippen LogP contribution in [0, 0.1) is 5.82 Å². The molecule has 0 fully saturated rings. The minimum atomic E-state index is -0.478. The van der Waals surface area contributed by atoms with Crippen molar-refractivity contribution in [3.05, 3.63) is 53.3 Å². The Morgan fingerprint density at radius 1 is 1.32 bits per heavy atom. The van der Waals surface area contributed by atoms with Gasteiger partial charge in [-0.15, -0.1) is 5.10 Å². The molecule has 3 aromatic rings. The van der Waals surface area contributed by atoms with Gasteiger partial charge in [-0.2, -0.15) is 0 Å². The van der Waals surface area contributed by atoms with Crippen molar-refractivity contribution in [2.45, 2.75) is 0 Å². The van der Waals surface area contributed by atoms with Crippen LogP contribution < -0.4 is 10.2 Å². The van der Waals surface area contributed by atoms with Crippen molar-refractivity contribution in [3.8, 4) is 0 Å². The first-order valence-electron chi connectivity index (χ1n) is 6.32. The number of nitrogens with zero attached hydrogens (tertiary/aromatic N) is 3. The molecule has 112 valence electrons. The molecular formula is C14H10ClFN4O2. The van der Waals surface area contributed by atoms with E-state index in [4.69, 9.17) is 16.4 Å². The molecule has 0 aliphatic rings. The molecule has 0 atom stereocenters. The normalized spacial score (nSPS) is 10.6. The van der Waals surface area contributed by atoms with E-state index in [-0.39, 0.29) is 11.6 Å². The van der Waals surface area contributed by atoms with Crippen molar-refractivity contribution in [1.82, 2.24) is 15.2 Å². The molecule has 1 amide bonds. The van der Waals surface area contributed by atoms with Gasteiger partial charge >= 0.3 is 0 Å². The van der Waals surface area contributed by atoms with E-state index < -0.39 is 11.7 Å². The first-order chi connectivity index (χ1) is 10.6. The standard InChI is InChI=1S/C14H10ClFN4O2/c15-10-7-9(16)5-6-11(10)17-14(21)8-22-20-13-4-2-1-3-12(13)18-19-20/h1-7H,8H2,(H,17,21). The fourth-order valence-corrected chi connectivity index (χ4v) is 2.05. The Balaban J connectivity index is 1.65. The molecule has 0 radical (unpaired) electrons. The van der Waals surface area contributed by atoms with E-state index in [1.54, 1.807) is 12.1 Å². The molecule has 1 N–H and O–H groups in total. The second-order valence-corrected chi connectivity index (χ2v) is 4.80. The van der Waals surface area contributed by atoms with Crippen LogP contribution in [0.4, 0.5) is 10.1 Å². The van der Waals surface area contributed by atoms with Gasteiger partial charge in [0, 0.05) is 0 Å². The molecule has 8 heteroatoms. The SMILES string of the molecule is O=C(COn1nnc2ccccc21)Nc1ccc(F)cc1Cl. The summed E-state index contributed by atoms with van der Waals surface area (Å²) in [5, 5.41) is 10.3. The lowest BCUT2D eigenvalue weighted by molar-refractivity contribution is -0.121. The van der Waals surface area contributed by atoms with E-state index in [2.05, 4.69) is 15.6 Å². The van der Waals surface area contributed by atoms with Crippen LogP contribution in [0.3, 0.4) is 0 Å². The van der Waals surface area contributed by atoms with E-state index in [1.807, 2.05) is 12.1 Å². The van der Waals surface area contributed by atoms with Gasteiger partial charge < -0.3 is 10.2 Å². The second kappa shape index (κ2) is 5.98. The first-order valence-corrected chi connectivity index (χ1v) is 6.70. The van der Waals surface area contributed by atoms with Crippen LogP contribution in [-0.4, -0.2) is 27.7 Å². The highest BCUT2D eigenvalue weighted by molar-refractivity contribution is 6.33. The Kier molecular flexibility index (Phi) is 3.88. The molecule has 0 aliphatic carbocycles. The summed E-state index contributed by atoms with van der Waals surface area (Å²) < 4.78 is 12.9. The molecular weight excluding hydrogens is 311 g/mol. The molecule has 0 saturated heterocycles. The number of benzene rings is 2. The predicted molar refractivity (Wildman–Crippen MR) is 79.0 cm³/mol. The molecule has 0 spiro atoms. The number of hydrogen-bond acceptors (Lipinski definition) is 4. The number of aromatic nitrogens is 3. The lowest BCUT2D eigenvalue weighted by atomic mass is 10.3. The average Bonchev–Trinajstić information content (AvgIpc) is 2.91. The third-order valence-electron chi connectivity index (χ3n) is 2.84. The predicted octanol–water partition coefficient (Wildman–Crippen LogP) is 2.29. The van der Waals surface area contributed by atoms with Crippen molar-refractivity contribution in [2.75, 3.05) is 11.9 Å². The summed E-state index contributed by atoms with van der Waals surface area (Å²) in [6, 6.07) is 10.9. The van der Waals surface area contributed by atoms with Crippen LogP contribution in [0.2, 0.25) is 5.02 Å². The van der Waals surface area contributed by atoms with Crippen LogP contribution in [0.15, 0.2) is 42.5 Å². The Morgan fingerprint density at radius 3 is 2.95 bits per heavy atom. The lowest BCUT2D eigenvalue weighted by Gasteiger charge is -2.08. The first kappa shape index (κ1) is 14.3. The number of halogens is 2. The molecule has 0 saturated carbocycles. The summed E-state index contributed by atoms with van der Waals surface area (Å²) >= 11 is 5.83. The smallest absolute Gasteiger partial charge is 0.265 e. The highest BCUT2D eigenvalue weighted by Gasteiger charge is 2.10. The van der Waals surface area contributed by atoms with Crippen molar-refractivity contribution in [1.29, 1.82) is 0 Å². The maximum Gasteiger partial charge on any atom is 0.265 e. The van der Waals surface area contributed by atoms with Gasteiger partial charge in [0.1, 0.15) is 16.9 Å². The highest BCUT2D eigenvalue weighted by Crippen LogP contribution is 2.22. The maximum atomic E-state index is 12.9. The van der Waals surface area contributed by atoms with Crippen LogP contribution in [0.5, 0.6) is 0 Å². The number of anilines is 1. The van der Waals surface area contributed by atoms with E-state index in [1.165, 1.54) is 17.0 Å². The maximum absolute atomic E-state index is 12.9. The minimum Gasteiger partial charge on any atom is -0.385 e. The Bertz CT molecular complexity index is 837. The van der Waals surface area contributed by atoms with Gasteiger partial charge in [0.05, 0.1) is 10.7 Å². The van der Waals surface area contributed by atoms with E-state index in [9.17, 15) is 9.18 Å². The van der Waals surface area contributed by atoms with Crippen molar-refractivity contribution in [2.24, 2.45) is 0 Å². The van der Waals surface area contributed by atoms with Gasteiger partial charge in [-0.3, -0.25) is 4.79 Å². The van der Waals surface area contributed by atoms with Gasteiger partial charge in [-0.05, 0) is 35.5 Å². The zero-order valence-corrected chi connectivity index (χ0v) is 11.9. The quantitative estimate of drug-likeness (QED) is 0.801. The third kappa shape index (κ3) is 2.99. The fraction of sp³-hybridized carbons (Fsp3) is 0.0714. The monoisotopic (exact) mass is 320 g/mol. The van der Waals surface area contributed by atoms with Gasteiger partial charge in [-0.25, -0.2) is 4.39 Å². The number of amides is 1. The highest BCUT2D eigenvalue weighted by atomic mass is 35.5. The van der Waals surface area contributed by atoms with Crippen molar-refractivity contribution < 1.29 is 14.0 Å². The lowest BCUT2D eigenvalue weighted by Crippen LogP contribution is -2.26. The van der Waals surface area contributed by atoms with Crippen molar-refractivity contribution in [3.63, 3.8) is 0 Å². The van der Waals surface area contributed by atoms with Crippen LogP contribution in [0.25, 0.3) is 11.0 Å². The molecule has 22 heavy (non-hydrogen) atoms. The average molecular weight is 321 g/mol. The summed E-state index contributed by atoms with van der Waals surface area (Å²) in [5.74, 6) is -0.929. The number of nitrogens with one attached hydrogen (secondary N) is 1. The largest absolute Gasteiger partial charge is 0.385 e. The molecule has 6 nitrogen and oxygen atoms in total. The summed E-state index contributed by atoms with van der Waals surface area (Å²) in [5.41, 5.74) is 1.61. The molecule has 2 aromatic carbocycles. The summed E-state index contributed by atoms with van der Waals surface area (Å²) in [6.45, 7) is -0.291. The molecule has 1 aromatic heterocycles. The molecule has 3 rings (SSSR count). The zero-order valence-electron chi connectivity index (χ0n) is 11.2. The van der Waals surface area contributed by atoms with Gasteiger partial charge in [0.2, 0.25) is 0 Å². The van der Waals surface area contributed by atoms with Gasteiger partial charge in [0.15, 0.2) is 6.61 Å². The molecule has 0 bridgehead atoms. The zero-order chi connectivity index (χ0) is 15.5. The Hall–Kier alpha value is -2.67. The van der Waals surface area contributed by atoms with Crippen molar-refractivity contribution >= 4 is 34.2 Å². The number of hydrogen-bond donors (Lipinski definition) is 1. The van der Waals surface area contributed by atoms with E-state index in [0.717, 1.165) is 6.07 Å². The van der Waals surface area contributed by atoms with Gasteiger partial charge in [-0.1, -0.05) is 28.6 Å². The topological polar surface area (TPSA) is 69.0 Å². The number of fused-ring (bicyclic) bond motifs is 1. The van der Waals surface area contributed by atoms with Gasteiger partial charge in [0.25, 0.3) is 5.91 Å². The minimum absolute atomic E-state index is 0.111. The van der Waals surface area contributed by atoms with Crippen LogP contribution in [-0.2, 0) is 4.79 Å². The van der Waals surface area contributed by atoms with Crippen LogP contribution in [0.1, 0.15) is 0 Å².